The van der Waals surface area contributed by atoms with Gasteiger partial charge < -0.3 is 5.32 Å². The van der Waals surface area contributed by atoms with E-state index in [2.05, 4.69) is 22.3 Å². The summed E-state index contributed by atoms with van der Waals surface area (Å²) in [6.45, 7) is 3.21. The Morgan fingerprint density at radius 2 is 1.78 bits per heavy atom. The summed E-state index contributed by atoms with van der Waals surface area (Å²) in [6.07, 6.45) is -3.17. The van der Waals surface area contributed by atoms with E-state index in [9.17, 15) is 18.0 Å². The van der Waals surface area contributed by atoms with Gasteiger partial charge >= 0.3 is 6.18 Å². The highest BCUT2D eigenvalue weighted by molar-refractivity contribution is 5.96. The van der Waals surface area contributed by atoms with Gasteiger partial charge in [-0.1, -0.05) is 42.5 Å². The molecular formula is C21H23F3N2O. The molecule has 1 aliphatic rings. The summed E-state index contributed by atoms with van der Waals surface area (Å²) >= 11 is 0. The van der Waals surface area contributed by atoms with Crippen LogP contribution in [-0.2, 0) is 12.6 Å². The minimum atomic E-state index is -4.38. The van der Waals surface area contributed by atoms with Gasteiger partial charge in [0, 0.05) is 44.2 Å². The Kier molecular flexibility index (Phi) is 6.29. The maximum atomic E-state index is 12.6. The third-order valence-corrected chi connectivity index (χ3v) is 4.95. The molecule has 0 bridgehead atoms. The molecule has 0 spiro atoms. The van der Waals surface area contributed by atoms with Crippen LogP contribution in [0.3, 0.4) is 0 Å². The van der Waals surface area contributed by atoms with Crippen LogP contribution < -0.4 is 5.32 Å². The summed E-state index contributed by atoms with van der Waals surface area (Å²) in [5.41, 5.74) is 0.854. The Hall–Kier alpha value is -2.18. The first-order valence-electron chi connectivity index (χ1n) is 9.12. The third-order valence-electron chi connectivity index (χ3n) is 4.95. The lowest BCUT2D eigenvalue weighted by molar-refractivity contribution is -0.137. The molecule has 1 N–H and O–H groups in total. The van der Waals surface area contributed by atoms with Crippen LogP contribution in [0.1, 0.15) is 27.9 Å². The zero-order chi connectivity index (χ0) is 19.3. The van der Waals surface area contributed by atoms with Crippen molar-refractivity contribution in [3.8, 4) is 0 Å². The molecule has 2 aromatic carbocycles. The van der Waals surface area contributed by atoms with Crippen LogP contribution in [-0.4, -0.2) is 42.9 Å². The highest BCUT2D eigenvalue weighted by Gasteiger charge is 2.30. The Morgan fingerprint density at radius 3 is 2.44 bits per heavy atom. The number of ketones is 1. The molecule has 1 heterocycles. The number of carbonyl (C=O) groups excluding carboxylic acids is 1. The van der Waals surface area contributed by atoms with E-state index in [4.69, 9.17) is 0 Å². The number of hydrogen-bond acceptors (Lipinski definition) is 3. The van der Waals surface area contributed by atoms with Crippen molar-refractivity contribution in [3.05, 3.63) is 71.3 Å². The molecule has 144 valence electrons. The van der Waals surface area contributed by atoms with Crippen LogP contribution in [0.25, 0.3) is 0 Å². The van der Waals surface area contributed by atoms with Crippen molar-refractivity contribution < 1.29 is 18.0 Å². The van der Waals surface area contributed by atoms with Crippen molar-refractivity contribution in [2.24, 2.45) is 0 Å². The topological polar surface area (TPSA) is 32.3 Å². The quantitative estimate of drug-likeness (QED) is 0.779. The molecule has 6 heteroatoms. The minimum absolute atomic E-state index is 0.124. The van der Waals surface area contributed by atoms with Gasteiger partial charge in [0.05, 0.1) is 5.56 Å². The number of piperazine rings is 1. The SMILES string of the molecule is O=C(CCN1CCNCC1Cc1ccccc1)c1ccc(C(F)(F)F)cc1. The molecule has 0 aromatic heterocycles. The molecule has 0 aliphatic carbocycles. The lowest BCUT2D eigenvalue weighted by Gasteiger charge is -2.36. The predicted octanol–water partition coefficient (Wildman–Crippen LogP) is 3.79. The lowest BCUT2D eigenvalue weighted by Crippen LogP contribution is -2.52. The number of Topliss-reactive ketones (excluding diaryl/α,β-unsaturated/α-hetero) is 1. The van der Waals surface area contributed by atoms with Crippen molar-refractivity contribution in [1.82, 2.24) is 10.2 Å². The first-order chi connectivity index (χ1) is 12.9. The molecule has 0 radical (unpaired) electrons. The summed E-state index contributed by atoms with van der Waals surface area (Å²) in [5, 5.41) is 3.39. The molecule has 1 aliphatic heterocycles. The van der Waals surface area contributed by atoms with E-state index in [0.29, 0.717) is 24.6 Å². The average Bonchev–Trinajstić information content (AvgIpc) is 2.67. The largest absolute Gasteiger partial charge is 0.416 e. The molecule has 1 atom stereocenters. The summed E-state index contributed by atoms with van der Waals surface area (Å²) in [6, 6.07) is 15.0. The molecule has 0 amide bonds. The van der Waals surface area contributed by atoms with E-state index in [1.165, 1.54) is 17.7 Å². The Morgan fingerprint density at radius 1 is 1.07 bits per heavy atom. The standard InChI is InChI=1S/C21H23F3N2O/c22-21(23,24)18-8-6-17(7-9-18)20(27)10-12-26-13-11-25-15-19(26)14-16-4-2-1-3-5-16/h1-9,19,25H,10-15H2. The molecule has 0 saturated carbocycles. The van der Waals surface area contributed by atoms with Gasteiger partial charge in [0.15, 0.2) is 5.78 Å². The molecule has 3 nitrogen and oxygen atoms in total. The second-order valence-corrected chi connectivity index (χ2v) is 6.83. The summed E-state index contributed by atoms with van der Waals surface area (Å²) in [4.78, 5) is 14.7. The summed E-state index contributed by atoms with van der Waals surface area (Å²) in [5.74, 6) is -0.124. The zero-order valence-corrected chi connectivity index (χ0v) is 15.0. The van der Waals surface area contributed by atoms with Crippen molar-refractivity contribution in [1.29, 1.82) is 0 Å². The predicted molar refractivity (Wildman–Crippen MR) is 98.8 cm³/mol. The second-order valence-electron chi connectivity index (χ2n) is 6.83. The number of nitrogens with one attached hydrogen (secondary N) is 1. The number of nitrogens with zero attached hydrogens (tertiary/aromatic N) is 1. The molecule has 1 unspecified atom stereocenters. The van der Waals surface area contributed by atoms with Crippen molar-refractivity contribution in [2.75, 3.05) is 26.2 Å². The molecule has 27 heavy (non-hydrogen) atoms. The van der Waals surface area contributed by atoms with Gasteiger partial charge in [0.1, 0.15) is 0 Å². The van der Waals surface area contributed by atoms with Gasteiger partial charge in [-0.25, -0.2) is 0 Å². The fraction of sp³-hybridized carbons (Fsp3) is 0.381. The summed E-state index contributed by atoms with van der Waals surface area (Å²) < 4.78 is 37.9. The van der Waals surface area contributed by atoms with Crippen molar-refractivity contribution in [2.45, 2.75) is 25.1 Å². The Bertz CT molecular complexity index is 744. The van der Waals surface area contributed by atoms with Crippen LogP contribution in [0.4, 0.5) is 13.2 Å². The van der Waals surface area contributed by atoms with Crippen LogP contribution in [0, 0.1) is 0 Å². The number of benzene rings is 2. The third kappa shape index (κ3) is 5.40. The lowest BCUT2D eigenvalue weighted by atomic mass is 10.0. The van der Waals surface area contributed by atoms with Crippen molar-refractivity contribution in [3.63, 3.8) is 0 Å². The molecular weight excluding hydrogens is 353 g/mol. The monoisotopic (exact) mass is 376 g/mol. The number of carbonyl (C=O) groups is 1. The van der Waals surface area contributed by atoms with Crippen LogP contribution in [0.5, 0.6) is 0 Å². The Labute approximate surface area is 157 Å². The zero-order valence-electron chi connectivity index (χ0n) is 15.0. The van der Waals surface area contributed by atoms with E-state index >= 15 is 0 Å². The normalized spacial score (nSPS) is 18.4. The van der Waals surface area contributed by atoms with E-state index in [1.54, 1.807) is 0 Å². The minimum Gasteiger partial charge on any atom is -0.314 e. The fourth-order valence-electron chi connectivity index (χ4n) is 3.42. The van der Waals surface area contributed by atoms with Crippen molar-refractivity contribution >= 4 is 5.78 Å². The van der Waals surface area contributed by atoms with E-state index < -0.39 is 11.7 Å². The maximum absolute atomic E-state index is 12.6. The van der Waals surface area contributed by atoms with Gasteiger partial charge in [-0.05, 0) is 24.1 Å². The van der Waals surface area contributed by atoms with Gasteiger partial charge in [-0.2, -0.15) is 13.2 Å². The molecule has 1 saturated heterocycles. The van der Waals surface area contributed by atoms with E-state index in [0.717, 1.165) is 38.2 Å². The first-order valence-corrected chi connectivity index (χ1v) is 9.12. The van der Waals surface area contributed by atoms with E-state index in [-0.39, 0.29) is 5.78 Å². The van der Waals surface area contributed by atoms with E-state index in [1.807, 2.05) is 18.2 Å². The highest BCUT2D eigenvalue weighted by Crippen LogP contribution is 2.29. The maximum Gasteiger partial charge on any atom is 0.416 e. The number of halogens is 3. The van der Waals surface area contributed by atoms with Gasteiger partial charge in [-0.15, -0.1) is 0 Å². The molecule has 1 fully saturated rings. The number of hydrogen-bond donors (Lipinski definition) is 1. The highest BCUT2D eigenvalue weighted by atomic mass is 19.4. The van der Waals surface area contributed by atoms with Gasteiger partial charge in [0.25, 0.3) is 0 Å². The Balaban J connectivity index is 1.57. The van der Waals surface area contributed by atoms with Crippen LogP contribution >= 0.6 is 0 Å². The fourth-order valence-corrected chi connectivity index (χ4v) is 3.42. The first kappa shape index (κ1) is 19.6. The number of alkyl halides is 3. The average molecular weight is 376 g/mol. The smallest absolute Gasteiger partial charge is 0.314 e. The number of rotatable bonds is 6. The molecule has 2 aromatic rings. The van der Waals surface area contributed by atoms with Crippen LogP contribution in [0.2, 0.25) is 0 Å². The molecule has 3 rings (SSSR count). The van der Waals surface area contributed by atoms with Gasteiger partial charge in [0.2, 0.25) is 0 Å². The second kappa shape index (κ2) is 8.67. The summed E-state index contributed by atoms with van der Waals surface area (Å²) in [7, 11) is 0. The van der Waals surface area contributed by atoms with Gasteiger partial charge in [-0.3, -0.25) is 9.69 Å². The van der Waals surface area contributed by atoms with Crippen LogP contribution in [0.15, 0.2) is 54.6 Å².